The Morgan fingerprint density at radius 1 is 1.05 bits per heavy atom. The Kier molecular flexibility index (Phi) is 3.35. The van der Waals surface area contributed by atoms with E-state index in [2.05, 4.69) is 5.16 Å². The summed E-state index contributed by atoms with van der Waals surface area (Å²) >= 11 is 5.55. The predicted molar refractivity (Wildman–Crippen MR) is 76.7 cm³/mol. The zero-order valence-electron chi connectivity index (χ0n) is 10.6. The third-order valence-electron chi connectivity index (χ3n) is 3.04. The number of nitrogens with zero attached hydrogens (tertiary/aromatic N) is 1. The lowest BCUT2D eigenvalue weighted by molar-refractivity contribution is 0.433. The van der Waals surface area contributed by atoms with Gasteiger partial charge in [-0.25, -0.2) is 8.78 Å². The third-order valence-corrected chi connectivity index (χ3v) is 3.33. The van der Waals surface area contributed by atoms with Gasteiger partial charge in [-0.3, -0.25) is 0 Å². The second-order valence-electron chi connectivity index (χ2n) is 4.38. The highest BCUT2D eigenvalue weighted by molar-refractivity contribution is 6.30. The van der Waals surface area contributed by atoms with E-state index in [9.17, 15) is 8.78 Å². The number of anilines is 1. The van der Waals surface area contributed by atoms with Gasteiger partial charge in [-0.05, 0) is 17.7 Å². The Labute approximate surface area is 123 Å². The van der Waals surface area contributed by atoms with Crippen LogP contribution in [-0.2, 0) is 0 Å². The SMILES string of the molecule is Nc1noc(-c2cc(F)c(Cl)cc2F)c1-c1ccccc1. The lowest BCUT2D eigenvalue weighted by Gasteiger charge is -2.05. The first-order valence-corrected chi connectivity index (χ1v) is 6.41. The van der Waals surface area contributed by atoms with Crippen molar-refractivity contribution in [3.63, 3.8) is 0 Å². The molecule has 3 aromatic rings. The molecule has 0 bridgehead atoms. The Balaban J connectivity index is 2.24. The number of nitrogens with two attached hydrogens (primary N) is 1. The number of hydrogen-bond donors (Lipinski definition) is 1. The first-order valence-electron chi connectivity index (χ1n) is 6.03. The van der Waals surface area contributed by atoms with Crippen LogP contribution in [0.1, 0.15) is 0 Å². The first-order chi connectivity index (χ1) is 10.1. The first kappa shape index (κ1) is 13.6. The van der Waals surface area contributed by atoms with Gasteiger partial charge >= 0.3 is 0 Å². The quantitative estimate of drug-likeness (QED) is 0.708. The third kappa shape index (κ3) is 2.36. The monoisotopic (exact) mass is 306 g/mol. The normalized spacial score (nSPS) is 10.8. The summed E-state index contributed by atoms with van der Waals surface area (Å²) in [6, 6.07) is 10.8. The van der Waals surface area contributed by atoms with E-state index in [-0.39, 0.29) is 22.2 Å². The lowest BCUT2D eigenvalue weighted by atomic mass is 10.0. The summed E-state index contributed by atoms with van der Waals surface area (Å²) in [6.07, 6.45) is 0. The topological polar surface area (TPSA) is 52.0 Å². The Morgan fingerprint density at radius 3 is 2.48 bits per heavy atom. The smallest absolute Gasteiger partial charge is 0.179 e. The number of hydrogen-bond acceptors (Lipinski definition) is 3. The predicted octanol–water partition coefficient (Wildman–Crippen LogP) is 4.52. The molecule has 0 radical (unpaired) electrons. The summed E-state index contributed by atoms with van der Waals surface area (Å²) in [5, 5.41) is 3.34. The largest absolute Gasteiger partial charge is 0.380 e. The van der Waals surface area contributed by atoms with Gasteiger partial charge in [-0.2, -0.15) is 0 Å². The van der Waals surface area contributed by atoms with E-state index in [4.69, 9.17) is 21.9 Å². The minimum Gasteiger partial charge on any atom is -0.380 e. The molecular weight excluding hydrogens is 298 g/mol. The van der Waals surface area contributed by atoms with Crippen molar-refractivity contribution < 1.29 is 13.3 Å². The molecule has 1 aromatic heterocycles. The van der Waals surface area contributed by atoms with Crippen LogP contribution in [-0.4, -0.2) is 5.16 Å². The number of rotatable bonds is 2. The van der Waals surface area contributed by atoms with Crippen LogP contribution in [0.15, 0.2) is 47.0 Å². The van der Waals surface area contributed by atoms with Gasteiger partial charge in [0.05, 0.1) is 16.1 Å². The summed E-state index contributed by atoms with van der Waals surface area (Å²) in [4.78, 5) is 0. The van der Waals surface area contributed by atoms with E-state index in [1.807, 2.05) is 6.07 Å². The zero-order chi connectivity index (χ0) is 15.0. The molecule has 0 saturated heterocycles. The van der Waals surface area contributed by atoms with E-state index < -0.39 is 11.6 Å². The highest BCUT2D eigenvalue weighted by Crippen LogP contribution is 2.38. The summed E-state index contributed by atoms with van der Waals surface area (Å²) < 4.78 is 32.7. The van der Waals surface area contributed by atoms with Gasteiger partial charge in [0, 0.05) is 0 Å². The van der Waals surface area contributed by atoms with Gasteiger partial charge < -0.3 is 10.3 Å². The fraction of sp³-hybridized carbons (Fsp3) is 0. The molecule has 0 aliphatic heterocycles. The molecular formula is C15H9ClF2N2O. The molecule has 0 fully saturated rings. The van der Waals surface area contributed by atoms with Gasteiger partial charge in [0.15, 0.2) is 11.6 Å². The van der Waals surface area contributed by atoms with Crippen molar-refractivity contribution >= 4 is 17.4 Å². The van der Waals surface area contributed by atoms with Crippen LogP contribution in [0.25, 0.3) is 22.5 Å². The van der Waals surface area contributed by atoms with Crippen LogP contribution in [0.5, 0.6) is 0 Å². The van der Waals surface area contributed by atoms with E-state index in [0.29, 0.717) is 11.1 Å². The molecule has 2 aromatic carbocycles. The number of aromatic nitrogens is 1. The van der Waals surface area contributed by atoms with Gasteiger partial charge in [0.25, 0.3) is 0 Å². The Hall–Kier alpha value is -2.40. The number of nitrogen functional groups attached to an aromatic ring is 1. The van der Waals surface area contributed by atoms with Crippen molar-refractivity contribution in [1.82, 2.24) is 5.16 Å². The van der Waals surface area contributed by atoms with E-state index in [0.717, 1.165) is 12.1 Å². The Bertz CT molecular complexity index is 803. The molecule has 3 rings (SSSR count). The summed E-state index contributed by atoms with van der Waals surface area (Å²) in [5.41, 5.74) is 6.81. The number of halogens is 3. The molecule has 0 saturated carbocycles. The Morgan fingerprint density at radius 2 is 1.76 bits per heavy atom. The molecule has 6 heteroatoms. The highest BCUT2D eigenvalue weighted by Gasteiger charge is 2.21. The van der Waals surface area contributed by atoms with Gasteiger partial charge in [0.2, 0.25) is 0 Å². The molecule has 0 spiro atoms. The standard InChI is InChI=1S/C15H9ClF2N2O/c16-10-7-11(17)9(6-12(10)18)14-13(15(19)20-21-14)8-4-2-1-3-5-8/h1-7H,(H2,19,20). The highest BCUT2D eigenvalue weighted by atomic mass is 35.5. The lowest BCUT2D eigenvalue weighted by Crippen LogP contribution is -1.91. The van der Waals surface area contributed by atoms with Crippen molar-refractivity contribution in [3.05, 3.63) is 59.1 Å². The summed E-state index contributed by atoms with van der Waals surface area (Å²) in [7, 11) is 0. The van der Waals surface area contributed by atoms with Crippen LogP contribution < -0.4 is 5.73 Å². The minimum atomic E-state index is -0.748. The maximum Gasteiger partial charge on any atom is 0.179 e. The van der Waals surface area contributed by atoms with Crippen molar-refractivity contribution in [1.29, 1.82) is 0 Å². The van der Waals surface area contributed by atoms with Crippen LogP contribution in [0, 0.1) is 11.6 Å². The number of benzene rings is 2. The second kappa shape index (κ2) is 5.18. The molecule has 0 amide bonds. The van der Waals surface area contributed by atoms with E-state index in [1.54, 1.807) is 24.3 Å². The van der Waals surface area contributed by atoms with E-state index >= 15 is 0 Å². The molecule has 21 heavy (non-hydrogen) atoms. The van der Waals surface area contributed by atoms with E-state index in [1.165, 1.54) is 0 Å². The molecule has 0 aliphatic rings. The average molecular weight is 307 g/mol. The maximum absolute atomic E-state index is 14.0. The van der Waals surface area contributed by atoms with Crippen LogP contribution in [0.2, 0.25) is 5.02 Å². The fourth-order valence-electron chi connectivity index (χ4n) is 2.07. The van der Waals surface area contributed by atoms with Gasteiger partial charge in [0.1, 0.15) is 11.6 Å². The van der Waals surface area contributed by atoms with Crippen LogP contribution in [0.3, 0.4) is 0 Å². The fourth-order valence-corrected chi connectivity index (χ4v) is 2.22. The molecule has 0 atom stereocenters. The van der Waals surface area contributed by atoms with Gasteiger partial charge in [-0.1, -0.05) is 47.1 Å². The van der Waals surface area contributed by atoms with Crippen molar-refractivity contribution in [3.8, 4) is 22.5 Å². The minimum absolute atomic E-state index is 0.0618. The summed E-state index contributed by atoms with van der Waals surface area (Å²) in [6.45, 7) is 0. The molecule has 0 unspecified atom stereocenters. The molecule has 3 nitrogen and oxygen atoms in total. The van der Waals surface area contributed by atoms with Crippen molar-refractivity contribution in [2.24, 2.45) is 0 Å². The van der Waals surface area contributed by atoms with Crippen molar-refractivity contribution in [2.75, 3.05) is 5.73 Å². The molecule has 1 heterocycles. The molecule has 0 aliphatic carbocycles. The zero-order valence-corrected chi connectivity index (χ0v) is 11.4. The van der Waals surface area contributed by atoms with Crippen molar-refractivity contribution in [2.45, 2.75) is 0 Å². The van der Waals surface area contributed by atoms with Crippen LogP contribution >= 0.6 is 11.6 Å². The summed E-state index contributed by atoms with van der Waals surface area (Å²) in [5.74, 6) is -1.30. The van der Waals surface area contributed by atoms with Crippen LogP contribution in [0.4, 0.5) is 14.6 Å². The second-order valence-corrected chi connectivity index (χ2v) is 4.79. The van der Waals surface area contributed by atoms with Gasteiger partial charge in [-0.15, -0.1) is 0 Å². The average Bonchev–Trinajstić information content (AvgIpc) is 2.85. The maximum atomic E-state index is 14.0. The molecule has 106 valence electrons. The molecule has 2 N–H and O–H groups in total.